The van der Waals surface area contributed by atoms with Gasteiger partial charge in [-0.1, -0.05) is 23.2 Å². The number of hydrogen-bond donors (Lipinski definition) is 2. The molecular weight excluding hydrogens is 257 g/mol. The van der Waals surface area contributed by atoms with Crippen molar-refractivity contribution in [1.29, 1.82) is 0 Å². The van der Waals surface area contributed by atoms with E-state index in [0.717, 1.165) is 0 Å². The molecule has 5 nitrogen and oxygen atoms in total. The van der Waals surface area contributed by atoms with E-state index in [4.69, 9.17) is 33.0 Å². The predicted octanol–water partition coefficient (Wildman–Crippen LogP) is 2.27. The van der Waals surface area contributed by atoms with Gasteiger partial charge in [0.25, 0.3) is 0 Å². The maximum atomic E-state index is 11.0. The van der Waals surface area contributed by atoms with Gasteiger partial charge in [0.1, 0.15) is 11.3 Å². The van der Waals surface area contributed by atoms with Crippen molar-refractivity contribution < 1.29 is 19.4 Å². The van der Waals surface area contributed by atoms with E-state index >= 15 is 0 Å². The van der Waals surface area contributed by atoms with E-state index in [2.05, 4.69) is 5.32 Å². The minimum atomic E-state index is -1.29. The summed E-state index contributed by atoms with van der Waals surface area (Å²) in [6.45, 7) is 0. The summed E-state index contributed by atoms with van der Waals surface area (Å²) in [5.41, 5.74) is -0.336. The van der Waals surface area contributed by atoms with Crippen LogP contribution < -0.4 is 10.1 Å². The highest BCUT2D eigenvalue weighted by atomic mass is 35.5. The van der Waals surface area contributed by atoms with Crippen molar-refractivity contribution in [3.8, 4) is 5.75 Å². The van der Waals surface area contributed by atoms with Gasteiger partial charge in [-0.15, -0.1) is 0 Å². The van der Waals surface area contributed by atoms with Gasteiger partial charge < -0.3 is 15.2 Å². The summed E-state index contributed by atoms with van der Waals surface area (Å²) in [7, 11) is 1.30. The van der Waals surface area contributed by atoms with Crippen molar-refractivity contribution in [2.24, 2.45) is 0 Å². The summed E-state index contributed by atoms with van der Waals surface area (Å²) in [6, 6.07) is 1.24. The molecule has 0 fully saturated rings. The maximum Gasteiger partial charge on any atom is 0.339 e. The van der Waals surface area contributed by atoms with Gasteiger partial charge >= 0.3 is 5.97 Å². The van der Waals surface area contributed by atoms with Gasteiger partial charge in [-0.25, -0.2) is 4.79 Å². The first kappa shape index (κ1) is 12.6. The van der Waals surface area contributed by atoms with Crippen LogP contribution in [-0.4, -0.2) is 24.6 Å². The van der Waals surface area contributed by atoms with Gasteiger partial charge in [0.05, 0.1) is 17.2 Å². The number of carboxylic acids is 1. The second-order valence-corrected chi connectivity index (χ2v) is 3.51. The van der Waals surface area contributed by atoms with E-state index in [1.165, 1.54) is 13.2 Å². The summed E-state index contributed by atoms with van der Waals surface area (Å²) >= 11 is 11.5. The third kappa shape index (κ3) is 2.20. The lowest BCUT2D eigenvalue weighted by Crippen LogP contribution is -2.07. The van der Waals surface area contributed by atoms with Gasteiger partial charge in [0, 0.05) is 0 Å². The lowest BCUT2D eigenvalue weighted by Gasteiger charge is -2.13. The Hall–Kier alpha value is -1.46. The first-order valence-electron chi connectivity index (χ1n) is 4.02. The van der Waals surface area contributed by atoms with Crippen molar-refractivity contribution in [3.63, 3.8) is 0 Å². The van der Waals surface area contributed by atoms with Crippen LogP contribution in [0, 0.1) is 0 Å². The van der Waals surface area contributed by atoms with Crippen LogP contribution in [0.2, 0.25) is 10.0 Å². The molecule has 0 saturated heterocycles. The third-order valence-corrected chi connectivity index (χ3v) is 2.39. The van der Waals surface area contributed by atoms with Crippen molar-refractivity contribution >= 4 is 41.3 Å². The normalized spacial score (nSPS) is 9.69. The Bertz CT molecular complexity index is 448. The molecule has 0 aliphatic rings. The number of benzene rings is 1. The van der Waals surface area contributed by atoms with E-state index in [0.29, 0.717) is 6.41 Å². The number of carbonyl (C=O) groups excluding carboxylic acids is 1. The van der Waals surface area contributed by atoms with Gasteiger partial charge in [0.15, 0.2) is 5.75 Å². The lowest BCUT2D eigenvalue weighted by atomic mass is 10.1. The molecular formula is C9H7Cl2NO4. The SMILES string of the molecule is COc1c(Cl)cc(Cl)c(C(=O)O)c1NC=O. The fourth-order valence-electron chi connectivity index (χ4n) is 1.21. The predicted molar refractivity (Wildman–Crippen MR) is 59.7 cm³/mol. The first-order valence-corrected chi connectivity index (χ1v) is 4.78. The van der Waals surface area contributed by atoms with E-state index in [9.17, 15) is 9.59 Å². The number of carbonyl (C=O) groups is 2. The molecule has 0 atom stereocenters. The van der Waals surface area contributed by atoms with Crippen molar-refractivity contribution in [1.82, 2.24) is 0 Å². The summed E-state index contributed by atoms with van der Waals surface area (Å²) in [5.74, 6) is -1.24. The highest BCUT2D eigenvalue weighted by Gasteiger charge is 2.21. The first-order chi connectivity index (χ1) is 7.52. The molecule has 0 unspecified atom stereocenters. The topological polar surface area (TPSA) is 75.6 Å². The Morgan fingerprint density at radius 1 is 1.50 bits per heavy atom. The maximum absolute atomic E-state index is 11.0. The van der Waals surface area contributed by atoms with Gasteiger partial charge in [-0.3, -0.25) is 4.79 Å². The van der Waals surface area contributed by atoms with Crippen LogP contribution in [0.15, 0.2) is 6.07 Å². The number of nitrogens with one attached hydrogen (secondary N) is 1. The minimum absolute atomic E-state index is 0.0515. The molecule has 0 bridgehead atoms. The number of amides is 1. The molecule has 0 aliphatic carbocycles. The standard InChI is InChI=1S/C9H7Cl2NO4/c1-16-8-5(11)2-4(10)6(9(14)15)7(8)12-3-13/h2-3H,1H3,(H,12,13)(H,14,15). The number of methoxy groups -OCH3 is 1. The fourth-order valence-corrected chi connectivity index (χ4v) is 1.83. The smallest absolute Gasteiger partial charge is 0.339 e. The van der Waals surface area contributed by atoms with Gasteiger partial charge in [0.2, 0.25) is 6.41 Å². The van der Waals surface area contributed by atoms with Crippen LogP contribution in [0.4, 0.5) is 5.69 Å². The second kappa shape index (κ2) is 5.05. The summed E-state index contributed by atoms with van der Waals surface area (Å²) in [5, 5.41) is 11.2. The molecule has 7 heteroatoms. The van der Waals surface area contributed by atoms with Crippen LogP contribution in [-0.2, 0) is 4.79 Å². The van der Waals surface area contributed by atoms with E-state index in [1.54, 1.807) is 0 Å². The van der Waals surface area contributed by atoms with E-state index < -0.39 is 5.97 Å². The molecule has 0 saturated carbocycles. The Morgan fingerprint density at radius 3 is 2.56 bits per heavy atom. The average molecular weight is 264 g/mol. The second-order valence-electron chi connectivity index (χ2n) is 2.69. The molecule has 16 heavy (non-hydrogen) atoms. The minimum Gasteiger partial charge on any atom is -0.493 e. The molecule has 86 valence electrons. The molecule has 0 spiro atoms. The zero-order valence-corrected chi connectivity index (χ0v) is 9.59. The van der Waals surface area contributed by atoms with Crippen LogP contribution >= 0.6 is 23.2 Å². The number of ether oxygens (including phenoxy) is 1. The quantitative estimate of drug-likeness (QED) is 0.818. The summed E-state index contributed by atoms with van der Waals surface area (Å²) < 4.78 is 4.90. The molecule has 0 aromatic heterocycles. The van der Waals surface area contributed by atoms with Gasteiger partial charge in [-0.05, 0) is 6.07 Å². The lowest BCUT2D eigenvalue weighted by molar-refractivity contribution is -0.105. The van der Waals surface area contributed by atoms with E-state index in [-0.39, 0.29) is 27.0 Å². The van der Waals surface area contributed by atoms with Crippen molar-refractivity contribution in [2.45, 2.75) is 0 Å². The molecule has 0 heterocycles. The highest BCUT2D eigenvalue weighted by molar-refractivity contribution is 6.38. The molecule has 1 aromatic rings. The number of hydrogen-bond acceptors (Lipinski definition) is 3. The fraction of sp³-hybridized carbons (Fsp3) is 0.111. The number of aromatic carboxylic acids is 1. The molecule has 1 amide bonds. The van der Waals surface area contributed by atoms with E-state index in [1.807, 2.05) is 0 Å². The van der Waals surface area contributed by atoms with Crippen LogP contribution in [0.1, 0.15) is 10.4 Å². The van der Waals surface area contributed by atoms with Crippen LogP contribution in [0.3, 0.4) is 0 Å². The Morgan fingerprint density at radius 2 is 2.12 bits per heavy atom. The van der Waals surface area contributed by atoms with Crippen molar-refractivity contribution in [2.75, 3.05) is 12.4 Å². The zero-order chi connectivity index (χ0) is 12.3. The number of carboxylic acid groups (broad SMARTS) is 1. The van der Waals surface area contributed by atoms with Gasteiger partial charge in [-0.2, -0.15) is 0 Å². The van der Waals surface area contributed by atoms with Crippen molar-refractivity contribution in [3.05, 3.63) is 21.7 Å². The third-order valence-electron chi connectivity index (χ3n) is 1.81. The highest BCUT2D eigenvalue weighted by Crippen LogP contribution is 2.39. The average Bonchev–Trinajstić information content (AvgIpc) is 2.17. The number of halogens is 2. The largest absolute Gasteiger partial charge is 0.493 e. The molecule has 2 N–H and O–H groups in total. The molecule has 0 radical (unpaired) electrons. The monoisotopic (exact) mass is 263 g/mol. The Balaban J connectivity index is 3.57. The molecule has 1 aromatic carbocycles. The molecule has 1 rings (SSSR count). The van der Waals surface area contributed by atoms with Crippen LogP contribution in [0.25, 0.3) is 0 Å². The summed E-state index contributed by atoms with van der Waals surface area (Å²) in [6.07, 6.45) is 0.316. The molecule has 0 aliphatic heterocycles. The number of anilines is 1. The zero-order valence-electron chi connectivity index (χ0n) is 8.08. The Kier molecular flexibility index (Phi) is 3.98. The Labute approximate surface area is 101 Å². The summed E-state index contributed by atoms with van der Waals surface area (Å²) in [4.78, 5) is 21.4. The van der Waals surface area contributed by atoms with Crippen LogP contribution in [0.5, 0.6) is 5.75 Å². The number of rotatable bonds is 4.